The summed E-state index contributed by atoms with van der Waals surface area (Å²) >= 11 is 0. The van der Waals surface area contributed by atoms with Gasteiger partial charge in [0, 0.05) is 24.2 Å². The number of hydrogen-bond donors (Lipinski definition) is 1. The van der Waals surface area contributed by atoms with Crippen molar-refractivity contribution in [2.75, 3.05) is 19.8 Å². The zero-order chi connectivity index (χ0) is 23.3. The molecule has 1 amide bonds. The molecule has 0 unspecified atom stereocenters. The molecule has 0 radical (unpaired) electrons. The average molecular weight is 454 g/mol. The number of aromatic nitrogens is 2. The molecule has 0 aliphatic heterocycles. The first-order valence-corrected chi connectivity index (χ1v) is 11.5. The van der Waals surface area contributed by atoms with E-state index in [0.29, 0.717) is 13.1 Å². The van der Waals surface area contributed by atoms with Crippen molar-refractivity contribution in [2.45, 2.75) is 19.0 Å². The van der Waals surface area contributed by atoms with Gasteiger partial charge in [-0.1, -0.05) is 78.9 Å². The second-order valence-corrected chi connectivity index (χ2v) is 8.48. The number of carbonyl (C=O) groups excluding carboxylic acids is 1. The molecule has 1 aliphatic carbocycles. The summed E-state index contributed by atoms with van der Waals surface area (Å²) in [5.41, 5.74) is 6.77. The Bertz CT molecular complexity index is 1220. The van der Waals surface area contributed by atoms with E-state index in [9.17, 15) is 9.90 Å². The van der Waals surface area contributed by atoms with Crippen LogP contribution in [0.3, 0.4) is 0 Å². The normalized spacial score (nSPS) is 12.3. The van der Waals surface area contributed by atoms with Gasteiger partial charge < -0.3 is 14.7 Å². The van der Waals surface area contributed by atoms with Crippen molar-refractivity contribution in [3.8, 4) is 11.1 Å². The quantitative estimate of drug-likeness (QED) is 0.421. The van der Waals surface area contributed by atoms with Gasteiger partial charge in [0.2, 0.25) is 0 Å². The number of nitrogens with zero attached hydrogens (tertiary/aromatic N) is 3. The molecule has 1 aromatic heterocycles. The predicted molar refractivity (Wildman–Crippen MR) is 130 cm³/mol. The molecular formula is C28H27N3O3. The van der Waals surface area contributed by atoms with Crippen LogP contribution in [0.1, 0.15) is 28.2 Å². The number of fused-ring (bicyclic) bond motifs is 3. The van der Waals surface area contributed by atoms with Gasteiger partial charge in [0.05, 0.1) is 25.9 Å². The fraction of sp³-hybridized carbons (Fsp3) is 0.214. The van der Waals surface area contributed by atoms with Crippen molar-refractivity contribution >= 4 is 6.09 Å². The van der Waals surface area contributed by atoms with E-state index in [4.69, 9.17) is 4.74 Å². The summed E-state index contributed by atoms with van der Waals surface area (Å²) in [6.45, 7) is 1.29. The number of amides is 1. The predicted octanol–water partition coefficient (Wildman–Crippen LogP) is 4.67. The number of aliphatic hydroxyl groups is 1. The van der Waals surface area contributed by atoms with Crippen LogP contribution in [0.2, 0.25) is 0 Å². The molecule has 0 bridgehead atoms. The molecule has 1 N–H and O–H groups in total. The number of benzene rings is 3. The van der Waals surface area contributed by atoms with Crippen LogP contribution in [-0.4, -0.2) is 45.6 Å². The van der Waals surface area contributed by atoms with Crippen LogP contribution in [0.4, 0.5) is 4.79 Å². The lowest BCUT2D eigenvalue weighted by molar-refractivity contribution is 0.0891. The van der Waals surface area contributed by atoms with Crippen LogP contribution in [0.25, 0.3) is 11.1 Å². The van der Waals surface area contributed by atoms with Gasteiger partial charge in [0.15, 0.2) is 0 Å². The van der Waals surface area contributed by atoms with Crippen LogP contribution >= 0.6 is 0 Å². The zero-order valence-corrected chi connectivity index (χ0v) is 18.9. The number of hydrogen-bond acceptors (Lipinski definition) is 4. The van der Waals surface area contributed by atoms with E-state index in [1.54, 1.807) is 6.20 Å². The third kappa shape index (κ3) is 4.58. The third-order valence-electron chi connectivity index (χ3n) is 6.21. The maximum absolute atomic E-state index is 13.0. The number of aliphatic hydroxyl groups excluding tert-OH is 1. The Hall–Kier alpha value is -3.90. The molecule has 1 aliphatic rings. The summed E-state index contributed by atoms with van der Waals surface area (Å²) in [6, 6.07) is 26.6. The van der Waals surface area contributed by atoms with Crippen LogP contribution < -0.4 is 0 Å². The average Bonchev–Trinajstić information content (AvgIpc) is 3.45. The lowest BCUT2D eigenvalue weighted by Crippen LogP contribution is -2.34. The van der Waals surface area contributed by atoms with E-state index in [1.165, 1.54) is 27.2 Å². The van der Waals surface area contributed by atoms with Gasteiger partial charge in [-0.3, -0.25) is 4.68 Å². The van der Waals surface area contributed by atoms with Crippen LogP contribution in [-0.2, 0) is 17.8 Å². The summed E-state index contributed by atoms with van der Waals surface area (Å²) in [5, 5.41) is 14.0. The molecular weight excluding hydrogens is 426 g/mol. The summed E-state index contributed by atoms with van der Waals surface area (Å²) in [7, 11) is 0. The van der Waals surface area contributed by atoms with Gasteiger partial charge in [0.1, 0.15) is 6.61 Å². The van der Waals surface area contributed by atoms with E-state index >= 15 is 0 Å². The largest absolute Gasteiger partial charge is 0.448 e. The molecule has 3 aromatic carbocycles. The van der Waals surface area contributed by atoms with E-state index < -0.39 is 6.09 Å². The summed E-state index contributed by atoms with van der Waals surface area (Å²) in [4.78, 5) is 14.5. The van der Waals surface area contributed by atoms with Gasteiger partial charge in [-0.15, -0.1) is 0 Å². The second-order valence-electron chi connectivity index (χ2n) is 8.48. The van der Waals surface area contributed by atoms with E-state index in [1.807, 2.05) is 53.3 Å². The maximum atomic E-state index is 13.0. The number of carbonyl (C=O) groups is 1. The second kappa shape index (κ2) is 9.93. The number of ether oxygens (including phenoxy) is 1. The molecule has 4 aromatic rings. The van der Waals surface area contributed by atoms with Crippen molar-refractivity contribution in [3.05, 3.63) is 114 Å². The molecule has 5 rings (SSSR count). The highest BCUT2D eigenvalue weighted by Gasteiger charge is 2.29. The zero-order valence-electron chi connectivity index (χ0n) is 18.9. The number of rotatable bonds is 8. The standard InChI is InChI=1S/C28H27N3O3/c32-15-14-30(17-22-16-29-31(19-22)18-21-8-2-1-3-9-21)28(33)34-20-27-25-12-6-4-10-23(25)24-11-5-7-13-26(24)27/h1-13,16,19,27,32H,14-15,17-18,20H2. The first-order valence-electron chi connectivity index (χ1n) is 11.5. The van der Waals surface area contributed by atoms with Crippen LogP contribution in [0.15, 0.2) is 91.3 Å². The van der Waals surface area contributed by atoms with Crippen LogP contribution in [0.5, 0.6) is 0 Å². The Balaban J connectivity index is 1.25. The molecule has 0 atom stereocenters. The van der Waals surface area contributed by atoms with Crippen molar-refractivity contribution in [1.29, 1.82) is 0 Å². The highest BCUT2D eigenvalue weighted by Crippen LogP contribution is 2.44. The Morgan fingerprint density at radius 3 is 2.24 bits per heavy atom. The minimum Gasteiger partial charge on any atom is -0.448 e. The molecule has 0 spiro atoms. The topological polar surface area (TPSA) is 67.6 Å². The highest BCUT2D eigenvalue weighted by atomic mass is 16.6. The lowest BCUT2D eigenvalue weighted by atomic mass is 9.98. The van der Waals surface area contributed by atoms with Gasteiger partial charge in [0.25, 0.3) is 0 Å². The molecule has 0 saturated carbocycles. The maximum Gasteiger partial charge on any atom is 0.410 e. The van der Waals surface area contributed by atoms with Crippen molar-refractivity contribution in [2.24, 2.45) is 0 Å². The molecule has 0 fully saturated rings. The van der Waals surface area contributed by atoms with Crippen molar-refractivity contribution in [3.63, 3.8) is 0 Å². The van der Waals surface area contributed by atoms with Gasteiger partial charge in [-0.25, -0.2) is 4.79 Å². The highest BCUT2D eigenvalue weighted by molar-refractivity contribution is 5.79. The van der Waals surface area contributed by atoms with Gasteiger partial charge >= 0.3 is 6.09 Å². The fourth-order valence-electron chi connectivity index (χ4n) is 4.61. The Labute approximate surface area is 199 Å². The van der Waals surface area contributed by atoms with E-state index in [-0.39, 0.29) is 25.7 Å². The van der Waals surface area contributed by atoms with Gasteiger partial charge in [-0.05, 0) is 27.8 Å². The first-order chi connectivity index (χ1) is 16.7. The van der Waals surface area contributed by atoms with Crippen molar-refractivity contribution in [1.82, 2.24) is 14.7 Å². The monoisotopic (exact) mass is 453 g/mol. The third-order valence-corrected chi connectivity index (χ3v) is 6.21. The molecule has 1 heterocycles. The molecule has 6 heteroatoms. The SMILES string of the molecule is O=C(OCC1c2ccccc2-c2ccccc21)N(CCO)Cc1cnn(Cc2ccccc2)c1. The van der Waals surface area contributed by atoms with Crippen molar-refractivity contribution < 1.29 is 14.6 Å². The summed E-state index contributed by atoms with van der Waals surface area (Å²) in [5.74, 6) is 0.000879. The first kappa shape index (κ1) is 21.9. The van der Waals surface area contributed by atoms with Crippen LogP contribution in [0, 0.1) is 0 Å². The molecule has 6 nitrogen and oxygen atoms in total. The fourth-order valence-corrected chi connectivity index (χ4v) is 4.61. The lowest BCUT2D eigenvalue weighted by Gasteiger charge is -2.22. The molecule has 0 saturated heterocycles. The summed E-state index contributed by atoms with van der Waals surface area (Å²) < 4.78 is 7.62. The minimum atomic E-state index is -0.438. The molecule has 172 valence electrons. The smallest absolute Gasteiger partial charge is 0.410 e. The Kier molecular flexibility index (Phi) is 6.40. The minimum absolute atomic E-state index is 0.000879. The Morgan fingerprint density at radius 2 is 1.56 bits per heavy atom. The molecule has 34 heavy (non-hydrogen) atoms. The van der Waals surface area contributed by atoms with E-state index in [2.05, 4.69) is 41.5 Å². The van der Waals surface area contributed by atoms with Gasteiger partial charge in [-0.2, -0.15) is 5.10 Å². The Morgan fingerprint density at radius 1 is 0.912 bits per heavy atom. The van der Waals surface area contributed by atoms with E-state index in [0.717, 1.165) is 11.1 Å². The summed E-state index contributed by atoms with van der Waals surface area (Å²) in [6.07, 6.45) is 3.24.